The van der Waals surface area contributed by atoms with Crippen LogP contribution in [0.25, 0.3) is 0 Å². The monoisotopic (exact) mass is 238 g/mol. The number of fused-ring (bicyclic) bond motifs is 1. The van der Waals surface area contributed by atoms with Crippen molar-refractivity contribution < 1.29 is 4.74 Å². The number of hydrogen-bond acceptors (Lipinski definition) is 1. The maximum Gasteiger partial charge on any atom is 0.0725 e. The van der Waals surface area contributed by atoms with Crippen LogP contribution in [0.15, 0.2) is 18.2 Å². The highest BCUT2D eigenvalue weighted by Gasteiger charge is 2.21. The number of alkyl halides is 1. The van der Waals surface area contributed by atoms with E-state index in [4.69, 9.17) is 16.3 Å². The fraction of sp³-hybridized carbons (Fsp3) is 0.571. The van der Waals surface area contributed by atoms with Gasteiger partial charge in [0.25, 0.3) is 0 Å². The van der Waals surface area contributed by atoms with Gasteiger partial charge in [-0.3, -0.25) is 0 Å². The van der Waals surface area contributed by atoms with Gasteiger partial charge in [-0.05, 0) is 28.5 Å². The van der Waals surface area contributed by atoms with Crippen molar-refractivity contribution in [1.82, 2.24) is 0 Å². The molecule has 2 atom stereocenters. The van der Waals surface area contributed by atoms with E-state index in [9.17, 15) is 0 Å². The Morgan fingerprint density at radius 2 is 1.81 bits per heavy atom. The Hall–Kier alpha value is -0.530. The number of ether oxygens (including phenoxy) is 1. The summed E-state index contributed by atoms with van der Waals surface area (Å²) in [4.78, 5) is 0. The maximum absolute atomic E-state index is 6.51. The zero-order chi connectivity index (χ0) is 11.7. The molecule has 1 aliphatic rings. The van der Waals surface area contributed by atoms with Crippen LogP contribution in [0.4, 0.5) is 0 Å². The van der Waals surface area contributed by atoms with Crippen LogP contribution in [0.5, 0.6) is 0 Å². The van der Waals surface area contributed by atoms with Gasteiger partial charge in [0.2, 0.25) is 0 Å². The molecule has 0 saturated heterocycles. The van der Waals surface area contributed by atoms with Crippen LogP contribution in [-0.4, -0.2) is 0 Å². The van der Waals surface area contributed by atoms with Gasteiger partial charge in [-0.1, -0.05) is 39.0 Å². The second-order valence-electron chi connectivity index (χ2n) is 5.03. The lowest BCUT2D eigenvalue weighted by Gasteiger charge is -2.22. The minimum absolute atomic E-state index is 0.103. The molecule has 1 nitrogen and oxygen atoms in total. The molecule has 0 N–H and O–H groups in total. The van der Waals surface area contributed by atoms with Crippen LogP contribution in [0.1, 0.15) is 42.8 Å². The van der Waals surface area contributed by atoms with Gasteiger partial charge in [0.1, 0.15) is 0 Å². The van der Waals surface area contributed by atoms with Gasteiger partial charge in [-0.15, -0.1) is 11.6 Å². The number of hydrogen-bond donors (Lipinski definition) is 0. The van der Waals surface area contributed by atoms with Gasteiger partial charge in [0.15, 0.2) is 0 Å². The lowest BCUT2D eigenvalue weighted by atomic mass is 9.89. The normalized spacial score (nSPS) is 18.6. The van der Waals surface area contributed by atoms with Crippen molar-refractivity contribution in [1.29, 1.82) is 0 Å². The second-order valence-corrected chi connectivity index (χ2v) is 5.50. The first kappa shape index (κ1) is 11.9. The molecule has 0 fully saturated rings. The first-order valence-electron chi connectivity index (χ1n) is 5.93. The van der Waals surface area contributed by atoms with E-state index in [-0.39, 0.29) is 5.38 Å². The molecule has 2 unspecified atom stereocenters. The Morgan fingerprint density at radius 3 is 2.50 bits per heavy atom. The van der Waals surface area contributed by atoms with E-state index in [0.717, 1.165) is 13.2 Å². The summed E-state index contributed by atoms with van der Waals surface area (Å²) in [5.41, 5.74) is 3.84. The van der Waals surface area contributed by atoms with Gasteiger partial charge in [0, 0.05) is 0 Å². The van der Waals surface area contributed by atoms with Crippen LogP contribution in [0, 0.1) is 11.8 Å². The van der Waals surface area contributed by atoms with Gasteiger partial charge in [-0.25, -0.2) is 0 Å². The summed E-state index contributed by atoms with van der Waals surface area (Å²) >= 11 is 6.51. The standard InChI is InChI=1S/C14H19ClO/c1-9(2)10(3)14(15)11-4-5-12-7-16-8-13(12)6-11/h4-6,9-10,14H,7-8H2,1-3H3. The highest BCUT2D eigenvalue weighted by Crippen LogP contribution is 2.35. The molecule has 1 aliphatic heterocycles. The lowest BCUT2D eigenvalue weighted by Crippen LogP contribution is -2.11. The maximum atomic E-state index is 6.51. The first-order chi connectivity index (χ1) is 7.59. The Balaban J connectivity index is 2.21. The number of halogens is 1. The van der Waals surface area contributed by atoms with Crippen molar-refractivity contribution in [2.24, 2.45) is 11.8 Å². The lowest BCUT2D eigenvalue weighted by molar-refractivity contribution is 0.134. The van der Waals surface area contributed by atoms with E-state index in [2.05, 4.69) is 39.0 Å². The number of benzene rings is 1. The van der Waals surface area contributed by atoms with Gasteiger partial charge < -0.3 is 4.74 Å². The molecule has 16 heavy (non-hydrogen) atoms. The minimum Gasteiger partial charge on any atom is -0.372 e. The zero-order valence-corrected chi connectivity index (χ0v) is 10.9. The summed E-state index contributed by atoms with van der Waals surface area (Å²) < 4.78 is 5.41. The van der Waals surface area contributed by atoms with Crippen molar-refractivity contribution in [2.45, 2.75) is 39.4 Å². The van der Waals surface area contributed by atoms with Crippen molar-refractivity contribution in [3.63, 3.8) is 0 Å². The second kappa shape index (κ2) is 4.77. The Bertz CT molecular complexity index is 373. The molecule has 0 radical (unpaired) electrons. The van der Waals surface area contributed by atoms with Crippen LogP contribution in [0.3, 0.4) is 0 Å². The summed E-state index contributed by atoms with van der Waals surface area (Å²) in [6.45, 7) is 8.14. The highest BCUT2D eigenvalue weighted by atomic mass is 35.5. The molecule has 0 saturated carbocycles. The van der Waals surface area contributed by atoms with E-state index < -0.39 is 0 Å². The smallest absolute Gasteiger partial charge is 0.0725 e. The molecule has 88 valence electrons. The molecule has 0 aromatic heterocycles. The molecule has 2 rings (SSSR count). The largest absolute Gasteiger partial charge is 0.372 e. The Labute approximate surface area is 103 Å². The average molecular weight is 239 g/mol. The van der Waals surface area contributed by atoms with E-state index in [1.54, 1.807) is 0 Å². The minimum atomic E-state index is 0.103. The first-order valence-corrected chi connectivity index (χ1v) is 6.36. The summed E-state index contributed by atoms with van der Waals surface area (Å²) in [5, 5.41) is 0.103. The summed E-state index contributed by atoms with van der Waals surface area (Å²) in [6.07, 6.45) is 0. The van der Waals surface area contributed by atoms with E-state index in [1.807, 2.05) is 0 Å². The third-order valence-corrected chi connectivity index (χ3v) is 4.23. The molecular formula is C14H19ClO. The quantitative estimate of drug-likeness (QED) is 0.714. The average Bonchev–Trinajstić information content (AvgIpc) is 2.73. The van der Waals surface area contributed by atoms with E-state index in [0.29, 0.717) is 11.8 Å². The van der Waals surface area contributed by atoms with Crippen molar-refractivity contribution in [3.05, 3.63) is 34.9 Å². The summed E-state index contributed by atoms with van der Waals surface area (Å²) in [6, 6.07) is 6.50. The van der Waals surface area contributed by atoms with Crippen LogP contribution in [0.2, 0.25) is 0 Å². The van der Waals surface area contributed by atoms with Crippen LogP contribution < -0.4 is 0 Å². The van der Waals surface area contributed by atoms with Crippen molar-refractivity contribution >= 4 is 11.6 Å². The number of rotatable bonds is 3. The summed E-state index contributed by atoms with van der Waals surface area (Å²) in [7, 11) is 0. The molecule has 0 aliphatic carbocycles. The highest BCUT2D eigenvalue weighted by molar-refractivity contribution is 6.21. The van der Waals surface area contributed by atoms with Gasteiger partial charge in [-0.2, -0.15) is 0 Å². The molecule has 1 aromatic carbocycles. The molecule has 0 spiro atoms. The SMILES string of the molecule is CC(C)C(C)C(Cl)c1ccc2c(c1)COC2. The van der Waals surface area contributed by atoms with Crippen molar-refractivity contribution in [3.8, 4) is 0 Å². The van der Waals surface area contributed by atoms with Crippen LogP contribution >= 0.6 is 11.6 Å². The fourth-order valence-electron chi connectivity index (χ4n) is 2.00. The third-order valence-electron chi connectivity index (χ3n) is 3.58. The summed E-state index contributed by atoms with van der Waals surface area (Å²) in [5.74, 6) is 1.09. The molecule has 1 heterocycles. The molecule has 1 aromatic rings. The van der Waals surface area contributed by atoms with Gasteiger partial charge in [0.05, 0.1) is 18.6 Å². The molecule has 0 amide bonds. The Morgan fingerprint density at radius 1 is 1.12 bits per heavy atom. The van der Waals surface area contributed by atoms with Crippen molar-refractivity contribution in [2.75, 3.05) is 0 Å². The van der Waals surface area contributed by atoms with Gasteiger partial charge >= 0.3 is 0 Å². The predicted molar refractivity (Wildman–Crippen MR) is 67.5 cm³/mol. The topological polar surface area (TPSA) is 9.23 Å². The molecule has 0 bridgehead atoms. The predicted octanol–water partition coefficient (Wildman–Crippen LogP) is 4.29. The zero-order valence-electron chi connectivity index (χ0n) is 10.2. The Kier molecular flexibility index (Phi) is 3.56. The van der Waals surface area contributed by atoms with E-state index in [1.165, 1.54) is 16.7 Å². The van der Waals surface area contributed by atoms with Crippen LogP contribution in [-0.2, 0) is 18.0 Å². The molecular weight excluding hydrogens is 220 g/mol. The molecule has 2 heteroatoms. The van der Waals surface area contributed by atoms with E-state index >= 15 is 0 Å². The third kappa shape index (κ3) is 2.26. The fourth-order valence-corrected chi connectivity index (χ4v) is 2.43.